The number of thiophene rings is 1. The summed E-state index contributed by atoms with van der Waals surface area (Å²) in [4.78, 5) is 5.67. The maximum absolute atomic E-state index is 5.84. The normalized spacial score (nSPS) is 10.2. The molecule has 16 heavy (non-hydrogen) atoms. The van der Waals surface area contributed by atoms with Gasteiger partial charge in [-0.2, -0.15) is 0 Å². The van der Waals surface area contributed by atoms with Gasteiger partial charge in [-0.25, -0.2) is 4.98 Å². The van der Waals surface area contributed by atoms with Gasteiger partial charge in [0.25, 0.3) is 0 Å². The molecule has 0 radical (unpaired) electrons. The van der Waals surface area contributed by atoms with E-state index in [1.807, 2.05) is 40.4 Å². The molecule has 0 aliphatic rings. The lowest BCUT2D eigenvalue weighted by Gasteiger charge is -1.94. The molecule has 0 bridgehead atoms. The Balaban J connectivity index is 0.000000963. The largest absolute Gasteiger partial charge is 0.396 e. The molecule has 0 saturated heterocycles. The minimum Gasteiger partial charge on any atom is -0.396 e. The molecule has 0 fully saturated rings. The highest BCUT2D eigenvalue weighted by molar-refractivity contribution is 8.93. The van der Waals surface area contributed by atoms with Gasteiger partial charge in [-0.3, -0.25) is 0 Å². The molecule has 3 aromatic heterocycles. The molecule has 3 nitrogen and oxygen atoms in total. The van der Waals surface area contributed by atoms with Crippen LogP contribution in [-0.2, 0) is 0 Å². The summed E-state index contributed by atoms with van der Waals surface area (Å²) in [5.41, 5.74) is 8.35. The molecule has 0 aromatic carbocycles. The maximum Gasteiger partial charge on any atom is 0.160 e. The number of nitrogens with two attached hydrogens (primary N) is 1. The lowest BCUT2D eigenvalue weighted by molar-refractivity contribution is 1.19. The zero-order valence-corrected chi connectivity index (χ0v) is 10.9. The smallest absolute Gasteiger partial charge is 0.160 e. The van der Waals surface area contributed by atoms with Gasteiger partial charge in [0.15, 0.2) is 5.65 Å². The number of anilines is 1. The van der Waals surface area contributed by atoms with Crippen molar-refractivity contribution in [2.75, 3.05) is 5.73 Å². The van der Waals surface area contributed by atoms with Crippen LogP contribution in [0.5, 0.6) is 0 Å². The van der Waals surface area contributed by atoms with Crippen molar-refractivity contribution in [1.29, 1.82) is 0 Å². The van der Waals surface area contributed by atoms with E-state index in [0.717, 1.165) is 16.2 Å². The van der Waals surface area contributed by atoms with Crippen LogP contribution in [0.2, 0.25) is 0 Å². The number of halogens is 1. The highest BCUT2D eigenvalue weighted by Crippen LogP contribution is 2.25. The number of pyridine rings is 1. The van der Waals surface area contributed by atoms with Gasteiger partial charge in [0, 0.05) is 12.4 Å². The van der Waals surface area contributed by atoms with E-state index in [4.69, 9.17) is 5.73 Å². The summed E-state index contributed by atoms with van der Waals surface area (Å²) in [5.74, 6) is 0. The lowest BCUT2D eigenvalue weighted by Crippen LogP contribution is -1.90. The Labute approximate surface area is 107 Å². The van der Waals surface area contributed by atoms with E-state index in [9.17, 15) is 0 Å². The highest BCUT2D eigenvalue weighted by Gasteiger charge is 2.06. The highest BCUT2D eigenvalue weighted by atomic mass is 79.9. The summed E-state index contributed by atoms with van der Waals surface area (Å²) in [6, 6.07) is 7.86. The van der Waals surface area contributed by atoms with Gasteiger partial charge in [0.1, 0.15) is 0 Å². The van der Waals surface area contributed by atoms with Crippen molar-refractivity contribution in [2.24, 2.45) is 0 Å². The Kier molecular flexibility index (Phi) is 2.98. The third-order valence-corrected chi connectivity index (χ3v) is 3.18. The van der Waals surface area contributed by atoms with Crippen LogP contribution in [0.4, 0.5) is 5.69 Å². The fourth-order valence-electron chi connectivity index (χ4n) is 1.58. The number of rotatable bonds is 1. The summed E-state index contributed by atoms with van der Waals surface area (Å²) in [6.07, 6.45) is 3.95. The first-order valence-corrected chi connectivity index (χ1v) is 5.49. The molecule has 3 rings (SSSR count). The second-order valence-corrected chi connectivity index (χ2v) is 4.25. The van der Waals surface area contributed by atoms with E-state index in [-0.39, 0.29) is 17.0 Å². The molecule has 3 aromatic rings. The van der Waals surface area contributed by atoms with Gasteiger partial charge in [-0.1, -0.05) is 6.07 Å². The molecule has 82 valence electrons. The van der Waals surface area contributed by atoms with E-state index in [1.165, 1.54) is 0 Å². The van der Waals surface area contributed by atoms with Crippen LogP contribution in [0.1, 0.15) is 0 Å². The van der Waals surface area contributed by atoms with E-state index in [2.05, 4.69) is 11.1 Å². The fourth-order valence-corrected chi connectivity index (χ4v) is 2.26. The zero-order chi connectivity index (χ0) is 10.3. The average Bonchev–Trinajstić information content (AvgIpc) is 2.86. The Morgan fingerprint density at radius 1 is 1.25 bits per heavy atom. The second kappa shape index (κ2) is 4.27. The minimum atomic E-state index is 0. The number of nitrogen functional groups attached to an aromatic ring is 1. The van der Waals surface area contributed by atoms with Crippen molar-refractivity contribution in [3.8, 4) is 10.6 Å². The number of nitrogens with zero attached hydrogens (tertiary/aromatic N) is 2. The molecule has 0 amide bonds. The van der Waals surface area contributed by atoms with E-state index < -0.39 is 0 Å². The Morgan fingerprint density at radius 3 is 2.81 bits per heavy atom. The number of hydrogen-bond donors (Lipinski definition) is 1. The molecular weight excluding hydrogens is 286 g/mol. The summed E-state index contributed by atoms with van der Waals surface area (Å²) >= 11 is 1.68. The van der Waals surface area contributed by atoms with E-state index >= 15 is 0 Å². The first-order valence-electron chi connectivity index (χ1n) is 4.62. The molecule has 5 heteroatoms. The SMILES string of the molecule is Br.Nc1cccn2cc(-c3cccs3)nc12. The number of imidazole rings is 1. The van der Waals surface area contributed by atoms with Crippen LogP contribution in [0.25, 0.3) is 16.2 Å². The third-order valence-electron chi connectivity index (χ3n) is 2.29. The van der Waals surface area contributed by atoms with Gasteiger partial charge in [-0.15, -0.1) is 28.3 Å². The molecule has 2 N–H and O–H groups in total. The molecule has 0 atom stereocenters. The van der Waals surface area contributed by atoms with Crippen LogP contribution in [0.3, 0.4) is 0 Å². The van der Waals surface area contributed by atoms with Crippen LogP contribution in [-0.4, -0.2) is 9.38 Å². The topological polar surface area (TPSA) is 43.3 Å². The average molecular weight is 296 g/mol. The molecule has 0 aliphatic carbocycles. The van der Waals surface area contributed by atoms with Gasteiger partial charge in [0.2, 0.25) is 0 Å². The van der Waals surface area contributed by atoms with Crippen LogP contribution >= 0.6 is 28.3 Å². The monoisotopic (exact) mass is 295 g/mol. The summed E-state index contributed by atoms with van der Waals surface area (Å²) in [6.45, 7) is 0. The molecular formula is C11H10BrN3S. The van der Waals surface area contributed by atoms with E-state index in [0.29, 0.717) is 5.69 Å². The van der Waals surface area contributed by atoms with Crippen molar-refractivity contribution in [3.05, 3.63) is 42.0 Å². The maximum atomic E-state index is 5.84. The third kappa shape index (κ3) is 1.72. The summed E-state index contributed by atoms with van der Waals surface area (Å²) in [7, 11) is 0. The molecule has 0 unspecified atom stereocenters. The molecule has 3 heterocycles. The van der Waals surface area contributed by atoms with Gasteiger partial charge in [0.05, 0.1) is 16.3 Å². The Bertz CT molecular complexity index is 601. The van der Waals surface area contributed by atoms with Crippen molar-refractivity contribution < 1.29 is 0 Å². The standard InChI is InChI=1S/C11H9N3S.BrH/c12-8-3-1-5-14-7-9(13-11(8)14)10-4-2-6-15-10;/h1-7H,12H2;1H. The van der Waals surface area contributed by atoms with Crippen LogP contribution in [0, 0.1) is 0 Å². The van der Waals surface area contributed by atoms with Crippen LogP contribution in [0.15, 0.2) is 42.0 Å². The number of hydrogen-bond acceptors (Lipinski definition) is 3. The predicted octanol–water partition coefficient (Wildman–Crippen LogP) is 3.22. The quantitative estimate of drug-likeness (QED) is 0.749. The Hall–Kier alpha value is -1.33. The van der Waals surface area contributed by atoms with Crippen LogP contribution < -0.4 is 5.73 Å². The fraction of sp³-hybridized carbons (Fsp3) is 0. The second-order valence-electron chi connectivity index (χ2n) is 3.30. The summed E-state index contributed by atoms with van der Waals surface area (Å²) < 4.78 is 1.95. The van der Waals surface area contributed by atoms with Gasteiger partial charge < -0.3 is 10.1 Å². The summed E-state index contributed by atoms with van der Waals surface area (Å²) in [5, 5.41) is 2.04. The first-order chi connectivity index (χ1) is 7.34. The van der Waals surface area contributed by atoms with Crippen molar-refractivity contribution in [2.45, 2.75) is 0 Å². The van der Waals surface area contributed by atoms with Crippen molar-refractivity contribution in [3.63, 3.8) is 0 Å². The number of fused-ring (bicyclic) bond motifs is 1. The lowest BCUT2D eigenvalue weighted by atomic mass is 10.4. The van der Waals surface area contributed by atoms with Crippen molar-refractivity contribution >= 4 is 39.7 Å². The zero-order valence-electron chi connectivity index (χ0n) is 8.33. The van der Waals surface area contributed by atoms with Gasteiger partial charge in [-0.05, 0) is 23.6 Å². The first kappa shape index (κ1) is 11.2. The molecule has 0 aliphatic heterocycles. The van der Waals surface area contributed by atoms with Crippen molar-refractivity contribution in [1.82, 2.24) is 9.38 Å². The van der Waals surface area contributed by atoms with E-state index in [1.54, 1.807) is 11.3 Å². The van der Waals surface area contributed by atoms with Gasteiger partial charge >= 0.3 is 0 Å². The predicted molar refractivity (Wildman–Crippen MR) is 73.2 cm³/mol. The molecule has 0 spiro atoms. The minimum absolute atomic E-state index is 0. The number of aromatic nitrogens is 2. The Morgan fingerprint density at radius 2 is 2.12 bits per heavy atom. The molecule has 0 saturated carbocycles.